The average molecular weight is 295 g/mol. The van der Waals surface area contributed by atoms with Gasteiger partial charge in [0.25, 0.3) is 0 Å². The smallest absolute Gasteiger partial charge is 0.228 e. The van der Waals surface area contributed by atoms with E-state index in [1.165, 1.54) is 12.8 Å². The predicted octanol–water partition coefficient (Wildman–Crippen LogP) is 2.48. The Morgan fingerprint density at radius 2 is 2.05 bits per heavy atom. The first-order valence-corrected chi connectivity index (χ1v) is 8.02. The minimum atomic E-state index is 0.299. The lowest BCUT2D eigenvalue weighted by molar-refractivity contribution is 0.371. The van der Waals surface area contributed by atoms with E-state index in [1.807, 2.05) is 0 Å². The molecule has 21 heavy (non-hydrogen) atoms. The summed E-state index contributed by atoms with van der Waals surface area (Å²) in [5, 5.41) is 10.5. The Hall–Kier alpha value is -1.59. The molecule has 0 spiro atoms. The number of hydrogen-bond donors (Lipinski definition) is 2. The highest BCUT2D eigenvalue weighted by Crippen LogP contribution is 2.09. The Balaban J connectivity index is 2.34. The van der Waals surface area contributed by atoms with Crippen LogP contribution in [0.15, 0.2) is 9.52 Å². The van der Waals surface area contributed by atoms with E-state index in [-0.39, 0.29) is 0 Å². The fourth-order valence-electron chi connectivity index (χ4n) is 1.79. The van der Waals surface area contributed by atoms with E-state index in [2.05, 4.69) is 53.5 Å². The summed E-state index contributed by atoms with van der Waals surface area (Å²) in [5.41, 5.74) is 0. The van der Waals surface area contributed by atoms with Crippen molar-refractivity contribution in [2.24, 2.45) is 4.99 Å². The van der Waals surface area contributed by atoms with Gasteiger partial charge in [-0.1, -0.05) is 38.8 Å². The summed E-state index contributed by atoms with van der Waals surface area (Å²) in [6.45, 7) is 10.8. The van der Waals surface area contributed by atoms with Gasteiger partial charge in [-0.3, -0.25) is 4.99 Å². The van der Waals surface area contributed by atoms with Crippen LogP contribution in [0.3, 0.4) is 0 Å². The molecule has 120 valence electrons. The lowest BCUT2D eigenvalue weighted by Gasteiger charge is -2.10. The van der Waals surface area contributed by atoms with Crippen molar-refractivity contribution < 1.29 is 4.52 Å². The lowest BCUT2D eigenvalue weighted by atomic mass is 10.2. The zero-order chi connectivity index (χ0) is 15.5. The molecule has 0 aliphatic rings. The van der Waals surface area contributed by atoms with Gasteiger partial charge in [-0.2, -0.15) is 4.98 Å². The zero-order valence-corrected chi connectivity index (χ0v) is 13.8. The van der Waals surface area contributed by atoms with Crippen molar-refractivity contribution >= 4 is 5.96 Å². The van der Waals surface area contributed by atoms with E-state index in [1.54, 1.807) is 0 Å². The molecule has 1 aromatic heterocycles. The van der Waals surface area contributed by atoms with E-state index < -0.39 is 0 Å². The molecule has 0 amide bonds. The topological polar surface area (TPSA) is 75.3 Å². The highest BCUT2D eigenvalue weighted by Gasteiger charge is 2.09. The van der Waals surface area contributed by atoms with Crippen LogP contribution in [-0.2, 0) is 6.42 Å². The fourth-order valence-corrected chi connectivity index (χ4v) is 1.79. The molecule has 2 N–H and O–H groups in total. The summed E-state index contributed by atoms with van der Waals surface area (Å²) in [7, 11) is 0. The Morgan fingerprint density at radius 1 is 1.24 bits per heavy atom. The van der Waals surface area contributed by atoms with Crippen molar-refractivity contribution in [2.75, 3.05) is 19.6 Å². The second-order valence-electron chi connectivity index (χ2n) is 5.35. The normalized spacial score (nSPS) is 12.0. The number of hydrogen-bond acceptors (Lipinski definition) is 4. The zero-order valence-electron chi connectivity index (χ0n) is 13.8. The first-order valence-electron chi connectivity index (χ1n) is 8.02. The van der Waals surface area contributed by atoms with Crippen molar-refractivity contribution in [3.63, 3.8) is 0 Å². The van der Waals surface area contributed by atoms with Crippen LogP contribution >= 0.6 is 0 Å². The molecule has 0 atom stereocenters. The summed E-state index contributed by atoms with van der Waals surface area (Å²) >= 11 is 0. The Morgan fingerprint density at radius 3 is 2.67 bits per heavy atom. The molecule has 6 heteroatoms. The van der Waals surface area contributed by atoms with E-state index in [9.17, 15) is 0 Å². The number of nitrogens with zero attached hydrogens (tertiary/aromatic N) is 3. The maximum Gasteiger partial charge on any atom is 0.228 e. The van der Waals surface area contributed by atoms with Crippen molar-refractivity contribution in [1.29, 1.82) is 0 Å². The van der Waals surface area contributed by atoms with Crippen LogP contribution in [0, 0.1) is 0 Å². The molecule has 0 bridgehead atoms. The quantitative estimate of drug-likeness (QED) is 0.416. The minimum absolute atomic E-state index is 0.299. The summed E-state index contributed by atoms with van der Waals surface area (Å²) in [5.74, 6) is 2.60. The van der Waals surface area contributed by atoms with Gasteiger partial charge in [0.05, 0.1) is 0 Å². The van der Waals surface area contributed by atoms with E-state index >= 15 is 0 Å². The third-order valence-electron chi connectivity index (χ3n) is 3.01. The SMILES string of the molecule is CCCCCN=C(NCC)NCCc1nc(C(C)C)no1. The Labute approximate surface area is 127 Å². The molecule has 1 rings (SSSR count). The van der Waals surface area contributed by atoms with Crippen LogP contribution in [0.1, 0.15) is 64.6 Å². The van der Waals surface area contributed by atoms with Crippen LogP contribution in [0.4, 0.5) is 0 Å². The highest BCUT2D eigenvalue weighted by atomic mass is 16.5. The number of unbranched alkanes of at least 4 members (excludes halogenated alkanes) is 2. The van der Waals surface area contributed by atoms with Gasteiger partial charge in [-0.25, -0.2) is 0 Å². The number of nitrogens with one attached hydrogen (secondary N) is 2. The van der Waals surface area contributed by atoms with Gasteiger partial charge in [0, 0.05) is 32.0 Å². The lowest BCUT2D eigenvalue weighted by Crippen LogP contribution is -2.38. The molecule has 0 saturated heterocycles. The highest BCUT2D eigenvalue weighted by molar-refractivity contribution is 5.79. The molecule has 0 unspecified atom stereocenters. The third-order valence-corrected chi connectivity index (χ3v) is 3.01. The second-order valence-corrected chi connectivity index (χ2v) is 5.35. The molecule has 0 aromatic carbocycles. The maximum atomic E-state index is 5.22. The second kappa shape index (κ2) is 10.2. The van der Waals surface area contributed by atoms with Gasteiger partial charge in [0.2, 0.25) is 5.89 Å². The summed E-state index contributed by atoms with van der Waals surface area (Å²) in [6.07, 6.45) is 4.28. The minimum Gasteiger partial charge on any atom is -0.357 e. The number of aromatic nitrogens is 2. The van der Waals surface area contributed by atoms with Crippen LogP contribution in [0.2, 0.25) is 0 Å². The monoisotopic (exact) mass is 295 g/mol. The molecular weight excluding hydrogens is 266 g/mol. The van der Waals surface area contributed by atoms with Crippen LogP contribution in [0.25, 0.3) is 0 Å². The number of rotatable bonds is 9. The molecule has 0 aliphatic carbocycles. The number of aliphatic imine (C=N–C) groups is 1. The molecule has 6 nitrogen and oxygen atoms in total. The molecular formula is C15H29N5O. The van der Waals surface area contributed by atoms with E-state index in [4.69, 9.17) is 4.52 Å². The first-order chi connectivity index (χ1) is 10.2. The molecule has 1 aromatic rings. The number of guanidine groups is 1. The standard InChI is InChI=1S/C15H29N5O/c1-5-7-8-10-17-15(16-6-2)18-11-9-13-19-14(12(3)4)20-21-13/h12H,5-11H2,1-4H3,(H2,16,17,18). The van der Waals surface area contributed by atoms with Crippen LogP contribution in [0.5, 0.6) is 0 Å². The van der Waals surface area contributed by atoms with Crippen LogP contribution in [-0.4, -0.2) is 35.7 Å². The maximum absolute atomic E-state index is 5.22. The molecule has 0 fully saturated rings. The van der Waals surface area contributed by atoms with Gasteiger partial charge in [-0.15, -0.1) is 0 Å². The van der Waals surface area contributed by atoms with Crippen molar-refractivity contribution in [2.45, 2.75) is 59.3 Å². The van der Waals surface area contributed by atoms with Gasteiger partial charge >= 0.3 is 0 Å². The van der Waals surface area contributed by atoms with Gasteiger partial charge in [0.15, 0.2) is 11.8 Å². The molecule has 1 heterocycles. The summed E-state index contributed by atoms with van der Waals surface area (Å²) in [6, 6.07) is 0. The van der Waals surface area contributed by atoms with Gasteiger partial charge in [0.1, 0.15) is 0 Å². The Kier molecular flexibility index (Phi) is 8.47. The van der Waals surface area contributed by atoms with E-state index in [0.717, 1.165) is 37.8 Å². The largest absolute Gasteiger partial charge is 0.357 e. The molecule has 0 aliphatic heterocycles. The van der Waals surface area contributed by atoms with Crippen molar-refractivity contribution in [3.8, 4) is 0 Å². The first kappa shape index (κ1) is 17.5. The van der Waals surface area contributed by atoms with E-state index in [0.29, 0.717) is 18.2 Å². The predicted molar refractivity (Wildman–Crippen MR) is 85.6 cm³/mol. The fraction of sp³-hybridized carbons (Fsp3) is 0.800. The molecule has 0 radical (unpaired) electrons. The van der Waals surface area contributed by atoms with Gasteiger partial charge < -0.3 is 15.2 Å². The van der Waals surface area contributed by atoms with Crippen LogP contribution < -0.4 is 10.6 Å². The molecule has 0 saturated carbocycles. The van der Waals surface area contributed by atoms with Gasteiger partial charge in [-0.05, 0) is 13.3 Å². The average Bonchev–Trinajstić information content (AvgIpc) is 2.92. The summed E-state index contributed by atoms with van der Waals surface area (Å²) < 4.78 is 5.22. The van der Waals surface area contributed by atoms with Crippen molar-refractivity contribution in [1.82, 2.24) is 20.8 Å². The van der Waals surface area contributed by atoms with Crippen molar-refractivity contribution in [3.05, 3.63) is 11.7 Å². The third kappa shape index (κ3) is 7.11. The Bertz CT molecular complexity index is 414. The summed E-state index contributed by atoms with van der Waals surface area (Å²) in [4.78, 5) is 8.90.